The minimum Gasteiger partial charge on any atom is -0.485 e. The quantitative estimate of drug-likeness (QED) is 0.551. The summed E-state index contributed by atoms with van der Waals surface area (Å²) in [6.45, 7) is 0. The Morgan fingerprint density at radius 2 is 1.67 bits per heavy atom. The highest BCUT2D eigenvalue weighted by molar-refractivity contribution is 6.05. The predicted molar refractivity (Wildman–Crippen MR) is 106 cm³/mol. The van der Waals surface area contributed by atoms with Gasteiger partial charge in [-0.3, -0.25) is 4.79 Å². The number of fused-ring (bicyclic) bond motifs is 1. The Bertz CT molecular complexity index is 982. The van der Waals surface area contributed by atoms with Crippen LogP contribution in [0.25, 0.3) is 0 Å². The van der Waals surface area contributed by atoms with E-state index in [1.54, 1.807) is 24.3 Å². The van der Waals surface area contributed by atoms with Gasteiger partial charge < -0.3 is 10.5 Å². The number of ether oxygens (including phenoxy) is 1. The number of rotatable bonds is 3. The van der Waals surface area contributed by atoms with E-state index >= 15 is 0 Å². The molecule has 1 heterocycles. The number of hydrogen-bond acceptors (Lipinski definition) is 4. The summed E-state index contributed by atoms with van der Waals surface area (Å²) >= 11 is 0. The summed E-state index contributed by atoms with van der Waals surface area (Å²) in [4.78, 5) is 12.4. The predicted octanol–water partition coefficient (Wildman–Crippen LogP) is 3.93. The molecule has 1 aliphatic rings. The van der Waals surface area contributed by atoms with E-state index in [2.05, 4.69) is 10.5 Å². The van der Waals surface area contributed by atoms with Crippen LogP contribution < -0.4 is 15.9 Å². The van der Waals surface area contributed by atoms with E-state index in [-0.39, 0.29) is 12.0 Å². The lowest BCUT2D eigenvalue weighted by molar-refractivity contribution is 0.0954. The van der Waals surface area contributed by atoms with E-state index in [4.69, 9.17) is 10.5 Å². The number of para-hydroxylation sites is 1. The second-order valence-corrected chi connectivity index (χ2v) is 6.34. The lowest BCUT2D eigenvalue weighted by Gasteiger charge is -2.27. The van der Waals surface area contributed by atoms with Crippen LogP contribution in [0.2, 0.25) is 0 Å². The smallest absolute Gasteiger partial charge is 0.271 e. The average Bonchev–Trinajstić information content (AvgIpc) is 2.72. The Labute approximate surface area is 157 Å². The fraction of sp³-hybridized carbons (Fsp3) is 0.0909. The van der Waals surface area contributed by atoms with Crippen molar-refractivity contribution in [3.63, 3.8) is 0 Å². The first-order chi connectivity index (χ1) is 13.2. The van der Waals surface area contributed by atoms with Crippen molar-refractivity contribution in [2.24, 2.45) is 5.10 Å². The van der Waals surface area contributed by atoms with Crippen molar-refractivity contribution in [1.82, 2.24) is 5.43 Å². The second kappa shape index (κ2) is 7.33. The van der Waals surface area contributed by atoms with Gasteiger partial charge in [0.25, 0.3) is 5.91 Å². The highest BCUT2D eigenvalue weighted by Gasteiger charge is 2.26. The van der Waals surface area contributed by atoms with Crippen LogP contribution in [0.4, 0.5) is 5.69 Å². The van der Waals surface area contributed by atoms with Crippen molar-refractivity contribution in [2.75, 3.05) is 5.73 Å². The summed E-state index contributed by atoms with van der Waals surface area (Å²) in [5, 5.41) is 4.40. The van der Waals surface area contributed by atoms with Gasteiger partial charge in [-0.2, -0.15) is 5.10 Å². The number of hydrogen-bond donors (Lipinski definition) is 2. The number of hydrazone groups is 1. The third kappa shape index (κ3) is 3.67. The zero-order valence-electron chi connectivity index (χ0n) is 14.6. The SMILES string of the molecule is Nc1ccc(C(=O)NN=C2CC(c3ccccc3)Oc3ccccc32)cc1. The van der Waals surface area contributed by atoms with Gasteiger partial charge in [0.2, 0.25) is 0 Å². The van der Waals surface area contributed by atoms with Gasteiger partial charge in [-0.1, -0.05) is 42.5 Å². The van der Waals surface area contributed by atoms with Crippen LogP contribution in [0.1, 0.15) is 34.0 Å². The van der Waals surface area contributed by atoms with Gasteiger partial charge in [0, 0.05) is 23.2 Å². The molecule has 3 aromatic carbocycles. The minimum atomic E-state index is -0.275. The molecule has 0 fully saturated rings. The molecule has 0 saturated heterocycles. The molecule has 0 saturated carbocycles. The van der Waals surface area contributed by atoms with Crippen LogP contribution in [0.3, 0.4) is 0 Å². The molecule has 1 atom stereocenters. The van der Waals surface area contributed by atoms with E-state index in [1.807, 2.05) is 54.6 Å². The Kier molecular flexibility index (Phi) is 4.58. The number of carbonyl (C=O) groups is 1. The second-order valence-electron chi connectivity index (χ2n) is 6.34. The van der Waals surface area contributed by atoms with Crippen LogP contribution in [-0.4, -0.2) is 11.6 Å². The molecule has 3 aromatic rings. The van der Waals surface area contributed by atoms with Crippen molar-refractivity contribution in [3.8, 4) is 5.75 Å². The summed E-state index contributed by atoms with van der Waals surface area (Å²) in [7, 11) is 0. The molecule has 5 heteroatoms. The molecule has 4 rings (SSSR count). The monoisotopic (exact) mass is 357 g/mol. The third-order valence-corrected chi connectivity index (χ3v) is 4.48. The van der Waals surface area contributed by atoms with Gasteiger partial charge in [-0.05, 0) is 42.0 Å². The van der Waals surface area contributed by atoms with Crippen molar-refractivity contribution in [1.29, 1.82) is 0 Å². The van der Waals surface area contributed by atoms with E-state index in [0.29, 0.717) is 17.7 Å². The first kappa shape index (κ1) is 16.8. The number of carbonyl (C=O) groups excluding carboxylic acids is 1. The van der Waals surface area contributed by atoms with E-state index in [9.17, 15) is 4.79 Å². The first-order valence-corrected chi connectivity index (χ1v) is 8.74. The molecule has 0 bridgehead atoms. The molecular weight excluding hydrogens is 338 g/mol. The number of benzene rings is 3. The minimum absolute atomic E-state index is 0.145. The lowest BCUT2D eigenvalue weighted by Crippen LogP contribution is -2.25. The highest BCUT2D eigenvalue weighted by atomic mass is 16.5. The van der Waals surface area contributed by atoms with Gasteiger partial charge in [0.15, 0.2) is 0 Å². The molecule has 1 unspecified atom stereocenters. The van der Waals surface area contributed by atoms with E-state index in [1.165, 1.54) is 0 Å². The van der Waals surface area contributed by atoms with Crippen molar-refractivity contribution < 1.29 is 9.53 Å². The fourth-order valence-electron chi connectivity index (χ4n) is 3.07. The van der Waals surface area contributed by atoms with Gasteiger partial charge in [0.1, 0.15) is 11.9 Å². The van der Waals surface area contributed by atoms with Gasteiger partial charge in [-0.15, -0.1) is 0 Å². The Hall–Kier alpha value is -3.60. The molecule has 27 heavy (non-hydrogen) atoms. The topological polar surface area (TPSA) is 76.7 Å². The highest BCUT2D eigenvalue weighted by Crippen LogP contribution is 2.34. The van der Waals surface area contributed by atoms with Crippen LogP contribution in [0.5, 0.6) is 5.75 Å². The molecule has 0 radical (unpaired) electrons. The summed E-state index contributed by atoms with van der Waals surface area (Å²) in [5.41, 5.74) is 12.2. The molecule has 0 aliphatic carbocycles. The fourth-order valence-corrected chi connectivity index (χ4v) is 3.07. The molecule has 1 aliphatic heterocycles. The summed E-state index contributed by atoms with van der Waals surface area (Å²) in [6, 6.07) is 24.5. The van der Waals surface area contributed by atoms with Crippen molar-refractivity contribution in [3.05, 3.63) is 95.6 Å². The zero-order valence-corrected chi connectivity index (χ0v) is 14.6. The number of nitrogen functional groups attached to an aromatic ring is 1. The molecular formula is C22H19N3O2. The molecule has 5 nitrogen and oxygen atoms in total. The average molecular weight is 357 g/mol. The molecule has 134 valence electrons. The molecule has 0 aromatic heterocycles. The van der Waals surface area contributed by atoms with Crippen molar-refractivity contribution >= 4 is 17.3 Å². The third-order valence-electron chi connectivity index (χ3n) is 4.48. The largest absolute Gasteiger partial charge is 0.485 e. The summed E-state index contributed by atoms with van der Waals surface area (Å²) in [5.74, 6) is 0.487. The lowest BCUT2D eigenvalue weighted by atomic mass is 9.96. The van der Waals surface area contributed by atoms with Crippen LogP contribution >= 0.6 is 0 Å². The van der Waals surface area contributed by atoms with Gasteiger partial charge in [0.05, 0.1) is 5.71 Å². The summed E-state index contributed by atoms with van der Waals surface area (Å²) < 4.78 is 6.15. The molecule has 3 N–H and O–H groups in total. The molecule has 0 spiro atoms. The Morgan fingerprint density at radius 3 is 2.44 bits per heavy atom. The molecule has 1 amide bonds. The number of amides is 1. The maximum atomic E-state index is 12.4. The summed E-state index contributed by atoms with van der Waals surface area (Å²) in [6.07, 6.45) is 0.427. The van der Waals surface area contributed by atoms with Crippen molar-refractivity contribution in [2.45, 2.75) is 12.5 Å². The Morgan fingerprint density at radius 1 is 0.963 bits per heavy atom. The zero-order chi connectivity index (χ0) is 18.6. The number of nitrogens with one attached hydrogen (secondary N) is 1. The number of nitrogens with zero attached hydrogens (tertiary/aromatic N) is 1. The number of nitrogens with two attached hydrogens (primary N) is 1. The van der Waals surface area contributed by atoms with E-state index < -0.39 is 0 Å². The van der Waals surface area contributed by atoms with Crippen LogP contribution in [0, 0.1) is 0 Å². The standard InChI is InChI=1S/C22H19N3O2/c23-17-12-10-16(11-13-17)22(26)25-24-19-14-21(15-6-2-1-3-7-15)27-20-9-5-4-8-18(19)20/h1-13,21H,14,23H2,(H,25,26). The van der Waals surface area contributed by atoms with Gasteiger partial charge in [-0.25, -0.2) is 5.43 Å². The van der Waals surface area contributed by atoms with Gasteiger partial charge >= 0.3 is 0 Å². The Balaban J connectivity index is 1.61. The maximum absolute atomic E-state index is 12.4. The first-order valence-electron chi connectivity index (χ1n) is 8.74. The number of anilines is 1. The normalized spacial score (nSPS) is 17.0. The maximum Gasteiger partial charge on any atom is 0.271 e. The van der Waals surface area contributed by atoms with Crippen LogP contribution in [0.15, 0.2) is 84.0 Å². The van der Waals surface area contributed by atoms with E-state index in [0.717, 1.165) is 22.6 Å². The van der Waals surface area contributed by atoms with Crippen LogP contribution in [-0.2, 0) is 0 Å².